The fraction of sp³-hybridized carbons (Fsp3) is 0.154. The summed E-state index contributed by atoms with van der Waals surface area (Å²) in [6.45, 7) is 1.99. The first-order chi connectivity index (χ1) is 16.7. The van der Waals surface area contributed by atoms with Crippen LogP contribution >= 0.6 is 0 Å². The highest BCUT2D eigenvalue weighted by atomic mass is 32.2. The minimum absolute atomic E-state index is 0.258. The molecule has 0 aliphatic carbocycles. The SMILES string of the molecule is CCOC(=O)c1ccc2c(c1)NC(=O)/C2=C(\Nc1ccc(N(C)S(C)(=O)=O)cc1)c1ccccc1. The molecule has 3 aromatic rings. The van der Waals surface area contributed by atoms with Gasteiger partial charge in [0.2, 0.25) is 10.0 Å². The van der Waals surface area contributed by atoms with E-state index < -0.39 is 16.0 Å². The summed E-state index contributed by atoms with van der Waals surface area (Å²) in [7, 11) is -1.90. The number of carbonyl (C=O) groups excluding carboxylic acids is 2. The Bertz CT molecular complexity index is 1420. The second kappa shape index (κ2) is 9.63. The number of nitrogens with one attached hydrogen (secondary N) is 2. The van der Waals surface area contributed by atoms with Crippen LogP contribution in [0.4, 0.5) is 17.1 Å². The molecule has 180 valence electrons. The van der Waals surface area contributed by atoms with Gasteiger partial charge in [-0.25, -0.2) is 13.2 Å². The lowest BCUT2D eigenvalue weighted by molar-refractivity contribution is -0.110. The molecule has 0 unspecified atom stereocenters. The molecule has 0 saturated heterocycles. The number of hydrogen-bond donors (Lipinski definition) is 2. The maximum Gasteiger partial charge on any atom is 0.338 e. The Morgan fingerprint density at radius 3 is 2.31 bits per heavy atom. The molecule has 0 spiro atoms. The van der Waals surface area contributed by atoms with E-state index in [0.717, 1.165) is 11.8 Å². The average molecular weight is 492 g/mol. The Kier molecular flexibility index (Phi) is 6.61. The van der Waals surface area contributed by atoms with Crippen molar-refractivity contribution in [1.29, 1.82) is 0 Å². The van der Waals surface area contributed by atoms with Crippen LogP contribution in [-0.2, 0) is 19.6 Å². The first kappa shape index (κ1) is 24.0. The maximum atomic E-state index is 13.1. The summed E-state index contributed by atoms with van der Waals surface area (Å²) in [6, 6.07) is 21.2. The molecule has 9 heteroatoms. The van der Waals surface area contributed by atoms with Crippen molar-refractivity contribution in [3.8, 4) is 0 Å². The van der Waals surface area contributed by atoms with Gasteiger partial charge in [0.1, 0.15) is 0 Å². The van der Waals surface area contributed by atoms with Crippen molar-refractivity contribution in [1.82, 2.24) is 0 Å². The Balaban J connectivity index is 1.77. The molecule has 0 bridgehead atoms. The number of anilines is 3. The molecule has 0 aromatic heterocycles. The Morgan fingerprint density at radius 1 is 1.00 bits per heavy atom. The Hall–Kier alpha value is -4.11. The molecule has 1 heterocycles. The van der Waals surface area contributed by atoms with Crippen molar-refractivity contribution in [3.63, 3.8) is 0 Å². The molecule has 3 aromatic carbocycles. The number of esters is 1. The Labute approximate surface area is 204 Å². The van der Waals surface area contributed by atoms with Crippen molar-refractivity contribution in [2.75, 3.05) is 34.8 Å². The van der Waals surface area contributed by atoms with Crippen LogP contribution in [0.25, 0.3) is 11.3 Å². The van der Waals surface area contributed by atoms with Crippen LogP contribution in [0.5, 0.6) is 0 Å². The van der Waals surface area contributed by atoms with Gasteiger partial charge in [-0.2, -0.15) is 0 Å². The summed E-state index contributed by atoms with van der Waals surface area (Å²) < 4.78 is 29.9. The molecular weight excluding hydrogens is 466 g/mol. The molecule has 2 N–H and O–H groups in total. The molecule has 4 rings (SSSR count). The lowest BCUT2D eigenvalue weighted by atomic mass is 9.99. The minimum Gasteiger partial charge on any atom is -0.462 e. The quantitative estimate of drug-likeness (QED) is 0.379. The molecule has 0 radical (unpaired) electrons. The monoisotopic (exact) mass is 491 g/mol. The minimum atomic E-state index is -3.38. The summed E-state index contributed by atoms with van der Waals surface area (Å²) in [4.78, 5) is 25.2. The van der Waals surface area contributed by atoms with E-state index in [4.69, 9.17) is 4.74 Å². The van der Waals surface area contributed by atoms with Gasteiger partial charge >= 0.3 is 5.97 Å². The van der Waals surface area contributed by atoms with E-state index in [1.54, 1.807) is 49.4 Å². The number of fused-ring (bicyclic) bond motifs is 1. The van der Waals surface area contributed by atoms with E-state index in [0.29, 0.717) is 39.5 Å². The van der Waals surface area contributed by atoms with Crippen LogP contribution in [0.2, 0.25) is 0 Å². The third-order valence-electron chi connectivity index (χ3n) is 5.59. The van der Waals surface area contributed by atoms with Gasteiger partial charge in [-0.3, -0.25) is 9.10 Å². The molecule has 1 aliphatic heterocycles. The zero-order chi connectivity index (χ0) is 25.2. The van der Waals surface area contributed by atoms with Crippen LogP contribution in [0, 0.1) is 0 Å². The van der Waals surface area contributed by atoms with Gasteiger partial charge < -0.3 is 15.4 Å². The number of hydrogen-bond acceptors (Lipinski definition) is 6. The normalized spacial score (nSPS) is 14.1. The van der Waals surface area contributed by atoms with E-state index in [2.05, 4.69) is 10.6 Å². The third-order valence-corrected chi connectivity index (χ3v) is 6.79. The van der Waals surface area contributed by atoms with Gasteiger partial charge in [0, 0.05) is 18.3 Å². The Morgan fingerprint density at radius 2 is 1.69 bits per heavy atom. The van der Waals surface area contributed by atoms with Crippen molar-refractivity contribution >= 4 is 50.2 Å². The lowest BCUT2D eigenvalue weighted by Crippen LogP contribution is -2.24. The lowest BCUT2D eigenvalue weighted by Gasteiger charge is -2.18. The number of ether oxygens (including phenoxy) is 1. The molecule has 0 saturated carbocycles. The number of benzene rings is 3. The van der Waals surface area contributed by atoms with E-state index in [9.17, 15) is 18.0 Å². The maximum absolute atomic E-state index is 13.1. The molecule has 35 heavy (non-hydrogen) atoms. The summed E-state index contributed by atoms with van der Waals surface area (Å²) in [6.07, 6.45) is 1.14. The van der Waals surface area contributed by atoms with E-state index >= 15 is 0 Å². The molecule has 0 atom stereocenters. The molecular formula is C26H25N3O5S. The smallest absolute Gasteiger partial charge is 0.338 e. The van der Waals surface area contributed by atoms with Crippen molar-refractivity contribution < 1.29 is 22.7 Å². The second-order valence-corrected chi connectivity index (χ2v) is 9.97. The van der Waals surface area contributed by atoms with Crippen molar-refractivity contribution in [2.45, 2.75) is 6.92 Å². The van der Waals surface area contributed by atoms with E-state index in [1.807, 2.05) is 30.3 Å². The van der Waals surface area contributed by atoms with E-state index in [1.165, 1.54) is 11.4 Å². The highest BCUT2D eigenvalue weighted by Gasteiger charge is 2.29. The van der Waals surface area contributed by atoms with Crippen molar-refractivity contribution in [3.05, 3.63) is 89.5 Å². The molecule has 1 amide bonds. The van der Waals surface area contributed by atoms with Gasteiger partial charge in [0.05, 0.1) is 41.1 Å². The second-order valence-electron chi connectivity index (χ2n) is 7.95. The van der Waals surface area contributed by atoms with Gasteiger partial charge in [0.25, 0.3) is 5.91 Å². The third kappa shape index (κ3) is 5.04. The van der Waals surface area contributed by atoms with Crippen LogP contribution in [-0.4, -0.2) is 40.2 Å². The summed E-state index contributed by atoms with van der Waals surface area (Å²) in [5.74, 6) is -0.761. The molecule has 0 fully saturated rings. The van der Waals surface area contributed by atoms with E-state index in [-0.39, 0.29) is 12.5 Å². The van der Waals surface area contributed by atoms with Crippen LogP contribution in [0.3, 0.4) is 0 Å². The summed E-state index contributed by atoms with van der Waals surface area (Å²) in [5, 5.41) is 6.17. The number of carbonyl (C=O) groups is 2. The fourth-order valence-electron chi connectivity index (χ4n) is 3.74. The number of nitrogens with zero attached hydrogens (tertiary/aromatic N) is 1. The van der Waals surface area contributed by atoms with Crippen LogP contribution in [0.1, 0.15) is 28.4 Å². The van der Waals surface area contributed by atoms with Crippen LogP contribution in [0.15, 0.2) is 72.8 Å². The zero-order valence-corrected chi connectivity index (χ0v) is 20.3. The van der Waals surface area contributed by atoms with Crippen molar-refractivity contribution in [2.24, 2.45) is 0 Å². The standard InChI is InChI=1S/C26H25N3O5S/c1-4-34-26(31)18-10-15-21-22(16-18)28-25(30)23(21)24(17-8-6-5-7-9-17)27-19-11-13-20(14-12-19)29(2)35(3,32)33/h5-16,27H,4H2,1-3H3,(H,28,30)/b24-23-. The molecule has 1 aliphatic rings. The largest absolute Gasteiger partial charge is 0.462 e. The van der Waals surface area contributed by atoms with Gasteiger partial charge in [-0.1, -0.05) is 36.4 Å². The highest BCUT2D eigenvalue weighted by Crippen LogP contribution is 2.38. The fourth-order valence-corrected chi connectivity index (χ4v) is 4.24. The topological polar surface area (TPSA) is 105 Å². The first-order valence-electron chi connectivity index (χ1n) is 10.9. The average Bonchev–Trinajstić information content (AvgIpc) is 3.17. The zero-order valence-electron chi connectivity index (χ0n) is 19.5. The first-order valence-corrected chi connectivity index (χ1v) is 12.8. The van der Waals surface area contributed by atoms with Gasteiger partial charge in [-0.05, 0) is 48.9 Å². The highest BCUT2D eigenvalue weighted by molar-refractivity contribution is 7.92. The molecule has 8 nitrogen and oxygen atoms in total. The number of sulfonamides is 1. The number of amides is 1. The van der Waals surface area contributed by atoms with Crippen LogP contribution < -0.4 is 14.9 Å². The predicted octanol–water partition coefficient (Wildman–Crippen LogP) is 4.19. The van der Waals surface area contributed by atoms with Gasteiger partial charge in [0.15, 0.2) is 0 Å². The van der Waals surface area contributed by atoms with Gasteiger partial charge in [-0.15, -0.1) is 0 Å². The predicted molar refractivity (Wildman–Crippen MR) is 138 cm³/mol. The summed E-state index contributed by atoms with van der Waals surface area (Å²) in [5.41, 5.74) is 4.52. The summed E-state index contributed by atoms with van der Waals surface area (Å²) >= 11 is 0. The number of rotatable bonds is 7.